The van der Waals surface area contributed by atoms with Crippen molar-refractivity contribution in [2.45, 2.75) is 25.3 Å². The highest BCUT2D eigenvalue weighted by molar-refractivity contribution is 6.04. The third-order valence-corrected chi connectivity index (χ3v) is 7.14. The first-order valence-electron chi connectivity index (χ1n) is 13.4. The summed E-state index contributed by atoms with van der Waals surface area (Å²) in [7, 11) is 4.98. The number of hydrogen-bond donors (Lipinski definition) is 2. The molecule has 4 heterocycles. The molecule has 2 N–H and O–H groups in total. The van der Waals surface area contributed by atoms with Crippen LogP contribution in [0.15, 0.2) is 60.0 Å². The largest absolute Gasteiger partial charge is 0.493 e. The summed E-state index contributed by atoms with van der Waals surface area (Å²) in [4.78, 5) is 47.7. The number of carbonyl (C=O) groups excluding carboxylic acids is 3. The van der Waals surface area contributed by atoms with Gasteiger partial charge in [-0.25, -0.2) is 4.98 Å². The summed E-state index contributed by atoms with van der Waals surface area (Å²) in [6.07, 6.45) is 7.80. The second kappa shape index (κ2) is 11.8. The van der Waals surface area contributed by atoms with E-state index in [-0.39, 0.29) is 17.8 Å². The van der Waals surface area contributed by atoms with Crippen molar-refractivity contribution in [3.63, 3.8) is 0 Å². The molecule has 1 saturated heterocycles. The molecule has 0 spiro atoms. The predicted molar refractivity (Wildman–Crippen MR) is 159 cm³/mol. The van der Waals surface area contributed by atoms with Crippen LogP contribution in [0.2, 0.25) is 0 Å². The van der Waals surface area contributed by atoms with Crippen molar-refractivity contribution in [3.8, 4) is 11.5 Å². The fourth-order valence-corrected chi connectivity index (χ4v) is 5.01. The van der Waals surface area contributed by atoms with Crippen LogP contribution in [0.5, 0.6) is 11.5 Å². The van der Waals surface area contributed by atoms with Gasteiger partial charge in [0, 0.05) is 51.0 Å². The fraction of sp³-hybridized carbons (Fsp3) is 0.300. The number of amides is 2. The minimum atomic E-state index is -0.404. The summed E-state index contributed by atoms with van der Waals surface area (Å²) >= 11 is 0. The first-order chi connectivity index (χ1) is 20.2. The number of benzene rings is 1. The molecule has 5 rings (SSSR count). The van der Waals surface area contributed by atoms with Crippen LogP contribution in [-0.2, 0) is 14.1 Å². The summed E-state index contributed by atoms with van der Waals surface area (Å²) < 4.78 is 14.8. The standard InChI is InChI=1S/C30H33N7O5/c1-18-9-21-13-31-24-12-26(25(41-5)11-23(24)30(40)37(21)14-18)42-8-6-7-19(2)32-27-16-36(4)28(34-27)29(39)33-20-10-22(17-38)35(3)15-20/h10-13,15-17,21,32H,1-2,6-9,14H2,3-5H3,(H,33,39). The molecule has 12 nitrogen and oxygen atoms in total. The number of methoxy groups -OCH3 is 1. The number of aryl methyl sites for hydroxylation is 2. The zero-order chi connectivity index (χ0) is 30.0. The maximum Gasteiger partial charge on any atom is 0.291 e. The lowest BCUT2D eigenvalue weighted by atomic mass is 10.1. The summed E-state index contributed by atoms with van der Waals surface area (Å²) in [5.74, 6) is 1.15. The van der Waals surface area contributed by atoms with Crippen LogP contribution in [0, 0.1) is 0 Å². The highest BCUT2D eigenvalue weighted by Gasteiger charge is 2.34. The molecule has 2 amide bonds. The Kier molecular flexibility index (Phi) is 7.96. The number of imidazole rings is 1. The Bertz CT molecular complexity index is 1620. The molecule has 42 heavy (non-hydrogen) atoms. The molecule has 218 valence electrons. The van der Waals surface area contributed by atoms with Gasteiger partial charge in [0.2, 0.25) is 5.82 Å². The monoisotopic (exact) mass is 571 g/mol. The van der Waals surface area contributed by atoms with Gasteiger partial charge in [0.15, 0.2) is 17.8 Å². The number of nitrogens with zero attached hydrogens (tertiary/aromatic N) is 5. The highest BCUT2D eigenvalue weighted by atomic mass is 16.5. The third kappa shape index (κ3) is 5.82. The van der Waals surface area contributed by atoms with Gasteiger partial charge in [0.1, 0.15) is 5.82 Å². The summed E-state index contributed by atoms with van der Waals surface area (Å²) in [5.41, 5.74) is 3.69. The van der Waals surface area contributed by atoms with Crippen molar-refractivity contribution < 1.29 is 23.9 Å². The van der Waals surface area contributed by atoms with E-state index in [0.29, 0.717) is 78.1 Å². The number of aromatic nitrogens is 3. The van der Waals surface area contributed by atoms with E-state index in [9.17, 15) is 14.4 Å². The molecule has 0 bridgehead atoms. The van der Waals surface area contributed by atoms with Crippen molar-refractivity contribution in [2.75, 3.05) is 30.9 Å². The van der Waals surface area contributed by atoms with E-state index in [0.717, 1.165) is 11.9 Å². The molecule has 3 aromatic rings. The summed E-state index contributed by atoms with van der Waals surface area (Å²) in [6.45, 7) is 8.98. The third-order valence-electron chi connectivity index (χ3n) is 7.14. The van der Waals surface area contributed by atoms with Crippen molar-refractivity contribution in [3.05, 3.63) is 72.1 Å². The Morgan fingerprint density at radius 1 is 1.17 bits per heavy atom. The molecule has 2 aromatic heterocycles. The number of rotatable bonds is 11. The quantitative estimate of drug-likeness (QED) is 0.201. The molecule has 1 atom stereocenters. The van der Waals surface area contributed by atoms with Gasteiger partial charge in [0.25, 0.3) is 11.8 Å². The van der Waals surface area contributed by atoms with Crippen LogP contribution in [-0.4, -0.2) is 69.6 Å². The first-order valence-corrected chi connectivity index (χ1v) is 13.4. The Morgan fingerprint density at radius 2 is 1.98 bits per heavy atom. The Balaban J connectivity index is 1.15. The Hall–Kier alpha value is -5.13. The van der Waals surface area contributed by atoms with E-state index in [1.165, 1.54) is 7.11 Å². The van der Waals surface area contributed by atoms with Crippen molar-refractivity contribution >= 4 is 41.5 Å². The van der Waals surface area contributed by atoms with Crippen LogP contribution in [0.4, 0.5) is 17.2 Å². The Labute approximate surface area is 243 Å². The zero-order valence-corrected chi connectivity index (χ0v) is 23.8. The van der Waals surface area contributed by atoms with Gasteiger partial charge < -0.3 is 34.1 Å². The number of anilines is 2. The number of aldehydes is 1. The van der Waals surface area contributed by atoms with Crippen LogP contribution in [0.1, 0.15) is 50.7 Å². The minimum absolute atomic E-state index is 0.0867. The van der Waals surface area contributed by atoms with E-state index < -0.39 is 5.91 Å². The maximum absolute atomic E-state index is 13.1. The molecule has 2 aliphatic heterocycles. The van der Waals surface area contributed by atoms with Crippen molar-refractivity contribution in [1.29, 1.82) is 0 Å². The Morgan fingerprint density at radius 3 is 2.71 bits per heavy atom. The molecule has 0 saturated carbocycles. The van der Waals surface area contributed by atoms with Crippen LogP contribution in [0.3, 0.4) is 0 Å². The zero-order valence-electron chi connectivity index (χ0n) is 23.8. The van der Waals surface area contributed by atoms with E-state index >= 15 is 0 Å². The molecule has 1 unspecified atom stereocenters. The van der Waals surface area contributed by atoms with E-state index in [1.807, 2.05) is 0 Å². The van der Waals surface area contributed by atoms with Gasteiger partial charge in [-0.15, -0.1) is 0 Å². The molecular weight excluding hydrogens is 538 g/mol. The SMILES string of the molecule is C=C1CC2C=Nc3cc(OCCCC(=C)Nc4cn(C)c(C(=O)Nc5cc(C=O)n(C)c5)n4)c(OC)cc3C(=O)N2C1. The van der Waals surface area contributed by atoms with E-state index in [2.05, 4.69) is 33.8 Å². The number of aliphatic imine (C=N–C) groups is 1. The molecular formula is C30H33N7O5. The summed E-state index contributed by atoms with van der Waals surface area (Å²) in [5, 5.41) is 5.89. The lowest BCUT2D eigenvalue weighted by Gasteiger charge is -2.20. The smallest absolute Gasteiger partial charge is 0.291 e. The fourth-order valence-electron chi connectivity index (χ4n) is 5.01. The van der Waals surface area contributed by atoms with Crippen LogP contribution < -0.4 is 20.1 Å². The average molecular weight is 572 g/mol. The highest BCUT2D eigenvalue weighted by Crippen LogP contribution is 2.38. The molecule has 0 aliphatic carbocycles. The molecule has 12 heteroatoms. The molecule has 0 radical (unpaired) electrons. The number of ether oxygens (including phenoxy) is 2. The van der Waals surface area contributed by atoms with Gasteiger partial charge in [-0.05, 0) is 31.4 Å². The van der Waals surface area contributed by atoms with Crippen LogP contribution >= 0.6 is 0 Å². The van der Waals surface area contributed by atoms with E-state index in [4.69, 9.17) is 9.47 Å². The topological polar surface area (TPSA) is 132 Å². The van der Waals surface area contributed by atoms with Gasteiger partial charge in [-0.3, -0.25) is 19.4 Å². The maximum atomic E-state index is 13.1. The van der Waals surface area contributed by atoms with Crippen molar-refractivity contribution in [2.24, 2.45) is 19.1 Å². The molecule has 1 fully saturated rings. The number of fused-ring (bicyclic) bond motifs is 2. The lowest BCUT2D eigenvalue weighted by Crippen LogP contribution is -2.35. The van der Waals surface area contributed by atoms with Gasteiger partial charge in [-0.1, -0.05) is 18.7 Å². The summed E-state index contributed by atoms with van der Waals surface area (Å²) in [6, 6.07) is 4.92. The molecule has 2 aliphatic rings. The number of allylic oxidation sites excluding steroid dienone is 1. The minimum Gasteiger partial charge on any atom is -0.493 e. The van der Waals surface area contributed by atoms with Gasteiger partial charge in [0.05, 0.1) is 42.4 Å². The average Bonchev–Trinajstić information content (AvgIpc) is 3.61. The van der Waals surface area contributed by atoms with Gasteiger partial charge in [-0.2, -0.15) is 0 Å². The van der Waals surface area contributed by atoms with Crippen LogP contribution in [0.25, 0.3) is 0 Å². The van der Waals surface area contributed by atoms with E-state index in [1.54, 1.807) is 64.9 Å². The van der Waals surface area contributed by atoms with Gasteiger partial charge >= 0.3 is 0 Å². The number of carbonyl (C=O) groups is 3. The van der Waals surface area contributed by atoms with Crippen molar-refractivity contribution in [1.82, 2.24) is 19.0 Å². The number of nitrogens with one attached hydrogen (secondary N) is 2. The predicted octanol–water partition coefficient (Wildman–Crippen LogP) is 4.10. The second-order valence-electron chi connectivity index (χ2n) is 10.3. The number of hydrogen-bond acceptors (Lipinski definition) is 8. The second-order valence-corrected chi connectivity index (χ2v) is 10.3. The normalized spacial score (nSPS) is 15.6. The molecule has 1 aromatic carbocycles. The first kappa shape index (κ1) is 28.4. The lowest BCUT2D eigenvalue weighted by molar-refractivity contribution is 0.0777.